The fraction of sp³-hybridized carbons (Fsp3) is 0.348. The van der Waals surface area contributed by atoms with E-state index in [2.05, 4.69) is 40.2 Å². The number of benzene rings is 1. The number of furan rings is 1. The van der Waals surface area contributed by atoms with Crippen LogP contribution in [0.1, 0.15) is 36.0 Å². The van der Waals surface area contributed by atoms with Gasteiger partial charge in [-0.2, -0.15) is 0 Å². The van der Waals surface area contributed by atoms with Crippen molar-refractivity contribution in [3.63, 3.8) is 0 Å². The van der Waals surface area contributed by atoms with Crippen molar-refractivity contribution >= 4 is 0 Å². The van der Waals surface area contributed by atoms with Crippen LogP contribution in [0.2, 0.25) is 0 Å². The Morgan fingerprint density at radius 3 is 2.73 bits per heavy atom. The number of nitrogens with zero attached hydrogens (tertiary/aromatic N) is 2. The lowest BCUT2D eigenvalue weighted by atomic mass is 9.73. The maximum Gasteiger partial charge on any atom is 0.0980 e. The summed E-state index contributed by atoms with van der Waals surface area (Å²) in [6.07, 6.45) is 12.5. The second-order valence-electron chi connectivity index (χ2n) is 7.80. The van der Waals surface area contributed by atoms with E-state index in [0.717, 1.165) is 6.54 Å². The standard InChI is InChI=1S/C23H24N2O/c1-2-18(15-24-10-1)16-25-11-8-23(9-12-25)7-5-19-3-4-20(14-22(19)23)21-6-13-26-17-21/h1-4,6,10,13-15,17H,5,7-9,11-12,16H2. The monoisotopic (exact) mass is 344 g/mol. The molecule has 5 rings (SSSR count). The smallest absolute Gasteiger partial charge is 0.0980 e. The van der Waals surface area contributed by atoms with Crippen LogP contribution >= 0.6 is 0 Å². The fourth-order valence-corrected chi connectivity index (χ4v) is 4.81. The molecule has 3 nitrogen and oxygen atoms in total. The molecule has 3 aromatic rings. The van der Waals surface area contributed by atoms with Crippen molar-refractivity contribution in [3.8, 4) is 11.1 Å². The van der Waals surface area contributed by atoms with Gasteiger partial charge in [0.1, 0.15) is 0 Å². The first kappa shape index (κ1) is 15.8. The van der Waals surface area contributed by atoms with Crippen LogP contribution in [-0.2, 0) is 18.4 Å². The number of rotatable bonds is 3. The predicted octanol–water partition coefficient (Wildman–Crippen LogP) is 4.82. The van der Waals surface area contributed by atoms with Crippen molar-refractivity contribution in [1.82, 2.24) is 9.88 Å². The number of hydrogen-bond donors (Lipinski definition) is 0. The van der Waals surface area contributed by atoms with Crippen LogP contribution in [0, 0.1) is 0 Å². The number of hydrogen-bond acceptors (Lipinski definition) is 3. The third-order valence-electron chi connectivity index (χ3n) is 6.35. The number of likely N-dealkylation sites (tertiary alicyclic amines) is 1. The minimum absolute atomic E-state index is 0.376. The SMILES string of the molecule is c1cncc(CN2CCC3(CCc4ccc(-c5ccoc5)cc43)CC2)c1. The normalized spacial score (nSPS) is 18.9. The third kappa shape index (κ3) is 2.77. The van der Waals surface area contributed by atoms with Crippen molar-refractivity contribution in [2.24, 2.45) is 0 Å². The van der Waals surface area contributed by atoms with Crippen molar-refractivity contribution in [2.75, 3.05) is 13.1 Å². The number of pyridine rings is 1. The average Bonchev–Trinajstić information content (AvgIpc) is 3.34. The van der Waals surface area contributed by atoms with E-state index < -0.39 is 0 Å². The van der Waals surface area contributed by atoms with Crippen LogP contribution in [0.25, 0.3) is 11.1 Å². The number of fused-ring (bicyclic) bond motifs is 2. The number of piperidine rings is 1. The lowest BCUT2D eigenvalue weighted by Gasteiger charge is -2.40. The van der Waals surface area contributed by atoms with Gasteiger partial charge in [0.15, 0.2) is 0 Å². The van der Waals surface area contributed by atoms with Gasteiger partial charge in [0.05, 0.1) is 12.5 Å². The molecule has 0 atom stereocenters. The molecule has 2 aliphatic rings. The van der Waals surface area contributed by atoms with E-state index in [1.54, 1.807) is 17.4 Å². The molecule has 3 heteroatoms. The predicted molar refractivity (Wildman–Crippen MR) is 103 cm³/mol. The summed E-state index contributed by atoms with van der Waals surface area (Å²) in [5, 5.41) is 0. The maximum atomic E-state index is 5.28. The van der Waals surface area contributed by atoms with Gasteiger partial charge < -0.3 is 4.42 Å². The molecular weight excluding hydrogens is 320 g/mol. The minimum Gasteiger partial charge on any atom is -0.472 e. The van der Waals surface area contributed by atoms with Gasteiger partial charge in [0.2, 0.25) is 0 Å². The lowest BCUT2D eigenvalue weighted by Crippen LogP contribution is -2.41. The Morgan fingerprint density at radius 2 is 1.96 bits per heavy atom. The molecule has 1 aliphatic carbocycles. The fourth-order valence-electron chi connectivity index (χ4n) is 4.81. The van der Waals surface area contributed by atoms with Gasteiger partial charge in [-0.3, -0.25) is 9.88 Å². The van der Waals surface area contributed by atoms with Gasteiger partial charge >= 0.3 is 0 Å². The van der Waals surface area contributed by atoms with Crippen LogP contribution in [-0.4, -0.2) is 23.0 Å². The van der Waals surface area contributed by atoms with Crippen LogP contribution in [0.3, 0.4) is 0 Å². The van der Waals surface area contributed by atoms with Gasteiger partial charge in [-0.1, -0.05) is 24.3 Å². The summed E-state index contributed by atoms with van der Waals surface area (Å²) in [5.41, 5.74) is 7.31. The summed E-state index contributed by atoms with van der Waals surface area (Å²) in [5.74, 6) is 0. The van der Waals surface area contributed by atoms with Gasteiger partial charge in [-0.25, -0.2) is 0 Å². The molecule has 0 amide bonds. The Balaban J connectivity index is 1.35. The quantitative estimate of drug-likeness (QED) is 0.682. The van der Waals surface area contributed by atoms with Crippen LogP contribution in [0.15, 0.2) is 65.7 Å². The van der Waals surface area contributed by atoms with E-state index in [1.807, 2.05) is 24.7 Å². The van der Waals surface area contributed by atoms with E-state index in [9.17, 15) is 0 Å². The zero-order valence-corrected chi connectivity index (χ0v) is 15.0. The number of aryl methyl sites for hydroxylation is 1. The van der Waals surface area contributed by atoms with E-state index in [-0.39, 0.29) is 0 Å². The summed E-state index contributed by atoms with van der Waals surface area (Å²) in [6, 6.07) is 13.3. The Kier molecular flexibility index (Phi) is 3.90. The first-order valence-corrected chi connectivity index (χ1v) is 9.60. The molecule has 1 aromatic carbocycles. The highest BCUT2D eigenvalue weighted by molar-refractivity contribution is 5.65. The van der Waals surface area contributed by atoms with Crippen molar-refractivity contribution < 1.29 is 4.42 Å². The first-order chi connectivity index (χ1) is 12.8. The van der Waals surface area contributed by atoms with Gasteiger partial charge in [-0.05, 0) is 78.6 Å². The molecular formula is C23H24N2O. The molecule has 1 spiro atoms. The third-order valence-corrected chi connectivity index (χ3v) is 6.35. The Labute approximate surface area is 154 Å². The molecule has 0 bridgehead atoms. The summed E-state index contributed by atoms with van der Waals surface area (Å²) in [6.45, 7) is 3.36. The summed E-state index contributed by atoms with van der Waals surface area (Å²) >= 11 is 0. The summed E-state index contributed by atoms with van der Waals surface area (Å²) < 4.78 is 5.28. The van der Waals surface area contributed by atoms with Crippen molar-refractivity contribution in [1.29, 1.82) is 0 Å². The molecule has 1 fully saturated rings. The average molecular weight is 344 g/mol. The van der Waals surface area contributed by atoms with Gasteiger partial charge in [0, 0.05) is 24.5 Å². The Bertz CT molecular complexity index is 878. The highest BCUT2D eigenvalue weighted by Crippen LogP contribution is 2.47. The van der Waals surface area contributed by atoms with Crippen LogP contribution in [0.5, 0.6) is 0 Å². The van der Waals surface area contributed by atoms with Crippen LogP contribution < -0.4 is 0 Å². The van der Waals surface area contributed by atoms with Crippen molar-refractivity contribution in [3.05, 3.63) is 78.0 Å². The molecule has 0 unspecified atom stereocenters. The molecule has 2 aromatic heterocycles. The molecule has 0 N–H and O–H groups in total. The van der Waals surface area contributed by atoms with E-state index in [0.29, 0.717) is 5.41 Å². The highest BCUT2D eigenvalue weighted by atomic mass is 16.3. The second-order valence-corrected chi connectivity index (χ2v) is 7.80. The largest absolute Gasteiger partial charge is 0.472 e. The summed E-state index contributed by atoms with van der Waals surface area (Å²) in [4.78, 5) is 6.83. The summed E-state index contributed by atoms with van der Waals surface area (Å²) in [7, 11) is 0. The Morgan fingerprint density at radius 1 is 1.04 bits per heavy atom. The zero-order valence-electron chi connectivity index (χ0n) is 15.0. The van der Waals surface area contributed by atoms with E-state index in [4.69, 9.17) is 4.42 Å². The van der Waals surface area contributed by atoms with E-state index >= 15 is 0 Å². The van der Waals surface area contributed by atoms with Gasteiger partial charge in [-0.15, -0.1) is 0 Å². The second kappa shape index (κ2) is 6.40. The number of aromatic nitrogens is 1. The zero-order chi connectivity index (χ0) is 17.4. The molecule has 3 heterocycles. The minimum atomic E-state index is 0.376. The molecule has 1 saturated heterocycles. The Hall–Kier alpha value is -2.39. The van der Waals surface area contributed by atoms with Gasteiger partial charge in [0.25, 0.3) is 0 Å². The first-order valence-electron chi connectivity index (χ1n) is 9.60. The highest BCUT2D eigenvalue weighted by Gasteiger charge is 2.41. The topological polar surface area (TPSA) is 29.3 Å². The van der Waals surface area contributed by atoms with Crippen LogP contribution in [0.4, 0.5) is 0 Å². The van der Waals surface area contributed by atoms with Crippen molar-refractivity contribution in [2.45, 2.75) is 37.6 Å². The molecule has 0 saturated carbocycles. The van der Waals surface area contributed by atoms with E-state index in [1.165, 1.54) is 55.5 Å². The molecule has 132 valence electrons. The maximum absolute atomic E-state index is 5.28. The molecule has 1 aliphatic heterocycles. The molecule has 0 radical (unpaired) electrons. The molecule has 26 heavy (non-hydrogen) atoms. The lowest BCUT2D eigenvalue weighted by molar-refractivity contribution is 0.152.